The van der Waals surface area contributed by atoms with Crippen molar-refractivity contribution in [2.75, 3.05) is 20.3 Å². The van der Waals surface area contributed by atoms with Gasteiger partial charge < -0.3 is 24.8 Å². The van der Waals surface area contributed by atoms with Gasteiger partial charge in [-0.25, -0.2) is 4.98 Å². The molecule has 2 aliphatic rings. The monoisotopic (exact) mass is 566 g/mol. The van der Waals surface area contributed by atoms with E-state index >= 15 is 0 Å². The van der Waals surface area contributed by atoms with Crippen molar-refractivity contribution in [1.82, 2.24) is 15.6 Å². The van der Waals surface area contributed by atoms with Crippen molar-refractivity contribution in [3.8, 4) is 11.6 Å². The van der Waals surface area contributed by atoms with Crippen molar-refractivity contribution in [2.24, 2.45) is 4.99 Å². The largest absolute Gasteiger partial charge is 0.488 e. The molecule has 0 amide bonds. The molecule has 33 heavy (non-hydrogen) atoms. The number of halogens is 1. The van der Waals surface area contributed by atoms with Crippen molar-refractivity contribution in [3.05, 3.63) is 53.2 Å². The Balaban J connectivity index is 0.00000306. The number of aliphatic imine (C=N–C) groups is 1. The summed E-state index contributed by atoms with van der Waals surface area (Å²) in [6.07, 6.45) is 7.91. The highest BCUT2D eigenvalue weighted by atomic mass is 127. The lowest BCUT2D eigenvalue weighted by Gasteiger charge is -2.18. The molecule has 1 saturated heterocycles. The molecule has 0 spiro atoms. The van der Waals surface area contributed by atoms with E-state index in [2.05, 4.69) is 45.7 Å². The fourth-order valence-electron chi connectivity index (χ4n) is 4.09. The fourth-order valence-corrected chi connectivity index (χ4v) is 4.09. The van der Waals surface area contributed by atoms with Gasteiger partial charge in [0.05, 0.1) is 13.2 Å². The average Bonchev–Trinajstić information content (AvgIpc) is 3.50. The minimum atomic E-state index is 0. The normalized spacial score (nSPS) is 18.6. The highest BCUT2D eigenvalue weighted by Gasteiger charge is 2.19. The standard InChI is InChI=1S/C25H34N4O3.HI/c1-18-7-8-20(23(13-18)31-22-10-12-30-17-22)16-29-25(26-2)28-15-19-9-11-27-24(14-19)32-21-5-3-4-6-21;/h7-9,11,13-14,21-22H,3-6,10,12,15-17H2,1-2H3,(H2,26,28,29);1H. The minimum Gasteiger partial charge on any atom is -0.488 e. The van der Waals surface area contributed by atoms with Gasteiger partial charge in [0.25, 0.3) is 0 Å². The van der Waals surface area contributed by atoms with Crippen LogP contribution in [0.1, 0.15) is 48.8 Å². The van der Waals surface area contributed by atoms with Crippen LogP contribution in [0.25, 0.3) is 0 Å². The Bertz CT molecular complexity index is 912. The first kappa shape index (κ1) is 25.6. The van der Waals surface area contributed by atoms with Crippen molar-refractivity contribution in [2.45, 2.75) is 64.3 Å². The van der Waals surface area contributed by atoms with Crippen LogP contribution in [-0.4, -0.2) is 43.4 Å². The third kappa shape index (κ3) is 7.74. The Hall–Kier alpha value is -2.07. The van der Waals surface area contributed by atoms with Gasteiger partial charge >= 0.3 is 0 Å². The Kier molecular flexibility index (Phi) is 10.1. The van der Waals surface area contributed by atoms with Crippen molar-refractivity contribution >= 4 is 29.9 Å². The molecule has 1 aromatic carbocycles. The first-order chi connectivity index (χ1) is 15.7. The number of hydrogen-bond acceptors (Lipinski definition) is 5. The van der Waals surface area contributed by atoms with E-state index in [9.17, 15) is 0 Å². The third-order valence-electron chi connectivity index (χ3n) is 5.92. The van der Waals surface area contributed by atoms with Gasteiger partial charge in [0.2, 0.25) is 5.88 Å². The molecule has 1 aliphatic carbocycles. The summed E-state index contributed by atoms with van der Waals surface area (Å²) in [4.78, 5) is 8.73. The summed E-state index contributed by atoms with van der Waals surface area (Å²) in [6.45, 7) is 4.76. The lowest BCUT2D eigenvalue weighted by molar-refractivity contribution is 0.140. The first-order valence-corrected chi connectivity index (χ1v) is 11.6. The van der Waals surface area contributed by atoms with E-state index in [4.69, 9.17) is 14.2 Å². The first-order valence-electron chi connectivity index (χ1n) is 11.6. The smallest absolute Gasteiger partial charge is 0.213 e. The molecule has 0 radical (unpaired) electrons. The van der Waals surface area contributed by atoms with Crippen LogP contribution in [0.4, 0.5) is 0 Å². The maximum absolute atomic E-state index is 6.20. The zero-order valence-corrected chi connectivity index (χ0v) is 21.8. The Morgan fingerprint density at radius 3 is 2.64 bits per heavy atom. The number of guanidine groups is 1. The van der Waals surface area contributed by atoms with Crippen LogP contribution < -0.4 is 20.1 Å². The van der Waals surface area contributed by atoms with E-state index in [-0.39, 0.29) is 30.1 Å². The molecule has 1 saturated carbocycles. The van der Waals surface area contributed by atoms with Gasteiger partial charge in [0.15, 0.2) is 5.96 Å². The van der Waals surface area contributed by atoms with E-state index in [1.165, 1.54) is 18.4 Å². The molecule has 2 fully saturated rings. The molecule has 1 aromatic heterocycles. The van der Waals surface area contributed by atoms with Gasteiger partial charge in [0.1, 0.15) is 18.0 Å². The molecule has 1 aliphatic heterocycles. The topological polar surface area (TPSA) is 77.0 Å². The number of nitrogens with one attached hydrogen (secondary N) is 2. The number of ether oxygens (including phenoxy) is 3. The summed E-state index contributed by atoms with van der Waals surface area (Å²) < 4.78 is 17.7. The Labute approximate surface area is 213 Å². The van der Waals surface area contributed by atoms with Crippen LogP contribution in [0.3, 0.4) is 0 Å². The molecule has 7 nitrogen and oxygen atoms in total. The second kappa shape index (κ2) is 13.0. The molecule has 8 heteroatoms. The van der Waals surface area contributed by atoms with E-state index in [0.717, 1.165) is 48.7 Å². The predicted octanol–water partition coefficient (Wildman–Crippen LogP) is 4.36. The molecular formula is C25H35IN4O3. The number of hydrogen-bond donors (Lipinski definition) is 2. The molecular weight excluding hydrogens is 531 g/mol. The van der Waals surface area contributed by atoms with Gasteiger partial charge in [-0.1, -0.05) is 12.1 Å². The minimum absolute atomic E-state index is 0. The highest BCUT2D eigenvalue weighted by molar-refractivity contribution is 14.0. The van der Waals surface area contributed by atoms with Gasteiger partial charge in [0, 0.05) is 44.4 Å². The molecule has 0 bridgehead atoms. The van der Waals surface area contributed by atoms with Crippen LogP contribution in [0, 0.1) is 6.92 Å². The number of aryl methyl sites for hydroxylation is 1. The number of benzene rings is 1. The van der Waals surface area contributed by atoms with Gasteiger partial charge in [-0.3, -0.25) is 4.99 Å². The lowest BCUT2D eigenvalue weighted by atomic mass is 10.1. The van der Waals surface area contributed by atoms with Crippen LogP contribution in [0.5, 0.6) is 11.6 Å². The average molecular weight is 566 g/mol. The molecule has 1 atom stereocenters. The maximum atomic E-state index is 6.20. The summed E-state index contributed by atoms with van der Waals surface area (Å²) in [5.74, 6) is 2.35. The zero-order chi connectivity index (χ0) is 22.2. The van der Waals surface area contributed by atoms with Gasteiger partial charge in [-0.2, -0.15) is 0 Å². The van der Waals surface area contributed by atoms with Gasteiger partial charge in [-0.15, -0.1) is 24.0 Å². The second-order valence-corrected chi connectivity index (χ2v) is 8.52. The summed E-state index contributed by atoms with van der Waals surface area (Å²) in [5, 5.41) is 6.77. The van der Waals surface area contributed by atoms with E-state index < -0.39 is 0 Å². The lowest BCUT2D eigenvalue weighted by Crippen LogP contribution is -2.36. The van der Waals surface area contributed by atoms with Crippen LogP contribution >= 0.6 is 24.0 Å². The summed E-state index contributed by atoms with van der Waals surface area (Å²) in [5.41, 5.74) is 3.39. The highest BCUT2D eigenvalue weighted by Crippen LogP contribution is 2.24. The van der Waals surface area contributed by atoms with Crippen molar-refractivity contribution < 1.29 is 14.2 Å². The molecule has 2 aromatic rings. The summed E-state index contributed by atoms with van der Waals surface area (Å²) in [7, 11) is 1.78. The van der Waals surface area contributed by atoms with Gasteiger partial charge in [-0.05, 0) is 55.9 Å². The van der Waals surface area contributed by atoms with E-state index in [0.29, 0.717) is 31.7 Å². The SMILES string of the molecule is CN=C(NCc1ccnc(OC2CCCC2)c1)NCc1ccc(C)cc1OC1CCOC1.I. The number of aromatic nitrogens is 1. The summed E-state index contributed by atoms with van der Waals surface area (Å²) >= 11 is 0. The number of pyridine rings is 1. The molecule has 2 N–H and O–H groups in total. The number of rotatable bonds is 8. The molecule has 4 rings (SSSR count). The molecule has 180 valence electrons. The maximum Gasteiger partial charge on any atom is 0.213 e. The van der Waals surface area contributed by atoms with Crippen LogP contribution in [0.15, 0.2) is 41.5 Å². The Morgan fingerprint density at radius 2 is 1.88 bits per heavy atom. The quantitative estimate of drug-likeness (QED) is 0.281. The zero-order valence-electron chi connectivity index (χ0n) is 19.5. The fraction of sp³-hybridized carbons (Fsp3) is 0.520. The molecule has 2 heterocycles. The predicted molar refractivity (Wildman–Crippen MR) is 141 cm³/mol. The van der Waals surface area contributed by atoms with Crippen molar-refractivity contribution in [3.63, 3.8) is 0 Å². The van der Waals surface area contributed by atoms with Crippen LogP contribution in [0.2, 0.25) is 0 Å². The second-order valence-electron chi connectivity index (χ2n) is 8.52. The Morgan fingerprint density at radius 1 is 1.06 bits per heavy atom. The third-order valence-corrected chi connectivity index (χ3v) is 5.92. The molecule has 1 unspecified atom stereocenters. The van der Waals surface area contributed by atoms with E-state index in [1.807, 2.05) is 12.1 Å². The summed E-state index contributed by atoms with van der Waals surface area (Å²) in [6, 6.07) is 10.3. The van der Waals surface area contributed by atoms with E-state index in [1.54, 1.807) is 13.2 Å². The van der Waals surface area contributed by atoms with Crippen molar-refractivity contribution in [1.29, 1.82) is 0 Å². The number of nitrogens with zero attached hydrogens (tertiary/aromatic N) is 2. The van der Waals surface area contributed by atoms with Crippen LogP contribution in [-0.2, 0) is 17.8 Å².